The second-order valence-electron chi connectivity index (χ2n) is 11.7. The number of benzene rings is 1. The number of amides is 1. The van der Waals surface area contributed by atoms with Gasteiger partial charge in [-0.15, -0.1) is 0 Å². The van der Waals surface area contributed by atoms with Gasteiger partial charge in [0.1, 0.15) is 11.6 Å². The molecule has 38 heavy (non-hydrogen) atoms. The maximum absolute atomic E-state index is 13.2. The number of aryl methyl sites for hydroxylation is 1. The fraction of sp³-hybridized carbons (Fsp3) is 0.581. The van der Waals surface area contributed by atoms with E-state index in [2.05, 4.69) is 64.3 Å². The van der Waals surface area contributed by atoms with Crippen LogP contribution in [0, 0.1) is 11.3 Å². The lowest BCUT2D eigenvalue weighted by molar-refractivity contribution is -0.122. The summed E-state index contributed by atoms with van der Waals surface area (Å²) in [5.74, 6) is 1.79. The van der Waals surface area contributed by atoms with Gasteiger partial charge in [0, 0.05) is 49.0 Å². The molecule has 1 amide bonds. The van der Waals surface area contributed by atoms with Crippen molar-refractivity contribution in [3.8, 4) is 11.3 Å². The quantitative estimate of drug-likeness (QED) is 0.299. The number of nitrogens with zero attached hydrogens (tertiary/aromatic N) is 3. The lowest BCUT2D eigenvalue weighted by atomic mass is 9.90. The van der Waals surface area contributed by atoms with Crippen molar-refractivity contribution in [2.24, 2.45) is 18.4 Å². The number of rotatable bonds is 12. The number of carbonyl (C=O) groups is 2. The van der Waals surface area contributed by atoms with Crippen LogP contribution in [-0.2, 0) is 16.6 Å². The van der Waals surface area contributed by atoms with Gasteiger partial charge in [-0.1, -0.05) is 38.0 Å². The van der Waals surface area contributed by atoms with Crippen molar-refractivity contribution in [3.05, 3.63) is 42.5 Å². The molecular formula is C31H43N5O2. The molecule has 2 aliphatic rings. The number of likely N-dealkylation sites (tertiary alicyclic amines) is 1. The fourth-order valence-electron chi connectivity index (χ4n) is 6.38. The first-order valence-electron chi connectivity index (χ1n) is 14.5. The molecule has 204 valence electrons. The van der Waals surface area contributed by atoms with E-state index in [1.54, 1.807) is 0 Å². The minimum Gasteiger partial charge on any atom is -0.350 e. The molecule has 3 heterocycles. The monoisotopic (exact) mass is 517 g/mol. The molecule has 2 N–H and O–H groups in total. The number of nitrogens with one attached hydrogen (secondary N) is 2. The summed E-state index contributed by atoms with van der Waals surface area (Å²) in [5.41, 5.74) is 3.67. The third kappa shape index (κ3) is 5.88. The number of imidazole rings is 1. The van der Waals surface area contributed by atoms with Gasteiger partial charge in [-0.25, -0.2) is 4.98 Å². The van der Waals surface area contributed by atoms with Crippen LogP contribution in [0.2, 0.25) is 0 Å². The Morgan fingerprint density at radius 2 is 1.95 bits per heavy atom. The summed E-state index contributed by atoms with van der Waals surface area (Å²) in [6.07, 6.45) is 13.2. The van der Waals surface area contributed by atoms with Crippen LogP contribution in [0.5, 0.6) is 0 Å². The van der Waals surface area contributed by atoms with Crippen molar-refractivity contribution < 1.29 is 9.59 Å². The van der Waals surface area contributed by atoms with Crippen LogP contribution in [0.1, 0.15) is 83.0 Å². The molecule has 0 unspecified atom stereocenters. The molecule has 7 heteroatoms. The Kier molecular flexibility index (Phi) is 8.03. The van der Waals surface area contributed by atoms with E-state index in [1.165, 1.54) is 30.2 Å². The number of aromatic nitrogens is 3. The molecule has 1 spiro atoms. The predicted octanol–water partition coefficient (Wildman–Crippen LogP) is 5.78. The van der Waals surface area contributed by atoms with Gasteiger partial charge in [0.2, 0.25) is 5.91 Å². The van der Waals surface area contributed by atoms with Crippen molar-refractivity contribution in [2.45, 2.75) is 77.2 Å². The third-order valence-electron chi connectivity index (χ3n) is 9.06. The van der Waals surface area contributed by atoms with Gasteiger partial charge >= 0.3 is 0 Å². The van der Waals surface area contributed by atoms with E-state index < -0.39 is 0 Å². The van der Waals surface area contributed by atoms with Gasteiger partial charge in [-0.2, -0.15) is 0 Å². The molecule has 0 bridgehead atoms. The van der Waals surface area contributed by atoms with E-state index in [1.807, 2.05) is 13.1 Å². The molecule has 7 nitrogen and oxygen atoms in total. The average Bonchev–Trinajstić information content (AvgIpc) is 3.22. The Morgan fingerprint density at radius 1 is 1.16 bits per heavy atom. The highest BCUT2D eigenvalue weighted by molar-refractivity contribution is 5.95. The van der Waals surface area contributed by atoms with Crippen LogP contribution in [0.4, 0.5) is 0 Å². The highest BCUT2D eigenvalue weighted by Gasteiger charge is 2.54. The molecule has 1 aromatic carbocycles. The van der Waals surface area contributed by atoms with Crippen LogP contribution in [0.15, 0.2) is 36.7 Å². The van der Waals surface area contributed by atoms with E-state index in [0.29, 0.717) is 36.4 Å². The predicted molar refractivity (Wildman–Crippen MR) is 152 cm³/mol. The van der Waals surface area contributed by atoms with E-state index in [4.69, 9.17) is 4.98 Å². The number of unbranched alkanes of at least 4 members (excludes halogenated alkanes) is 2. The Hall–Kier alpha value is -2.93. The molecule has 1 saturated carbocycles. The number of Topliss-reactive ketones (excluding diaryl/α,β-unsaturated/α-hetero) is 1. The number of carbonyl (C=O) groups excluding carboxylic acids is 2. The molecule has 1 aliphatic heterocycles. The second kappa shape index (κ2) is 11.4. The summed E-state index contributed by atoms with van der Waals surface area (Å²) in [5, 5.41) is 4.52. The van der Waals surface area contributed by atoms with Crippen molar-refractivity contribution in [3.63, 3.8) is 0 Å². The van der Waals surface area contributed by atoms with Gasteiger partial charge in [0.25, 0.3) is 0 Å². The van der Waals surface area contributed by atoms with Crippen LogP contribution in [-0.4, -0.2) is 51.3 Å². The second-order valence-corrected chi connectivity index (χ2v) is 11.7. The number of hydrogen-bond donors (Lipinski definition) is 2. The number of ketones is 1. The fourth-order valence-corrected chi connectivity index (χ4v) is 6.38. The SMILES string of the molecule is CCC(=O)CCCCC[C@H](NC(=O)C[C@H]1CC12CCN(C)CC2)c1ncc(-c2cn(C)c3ccccc23)[nH]1. The lowest BCUT2D eigenvalue weighted by Gasteiger charge is -2.30. The topological polar surface area (TPSA) is 83.0 Å². The summed E-state index contributed by atoms with van der Waals surface area (Å²) in [7, 11) is 4.25. The number of piperidine rings is 1. The molecule has 2 atom stereocenters. The first kappa shape index (κ1) is 26.7. The summed E-state index contributed by atoms with van der Waals surface area (Å²) in [6.45, 7) is 4.21. The number of para-hydroxylation sites is 1. The molecule has 1 saturated heterocycles. The van der Waals surface area contributed by atoms with Gasteiger partial charge in [0.15, 0.2) is 0 Å². The number of H-pyrrole nitrogens is 1. The minimum atomic E-state index is -0.153. The van der Waals surface area contributed by atoms with Crippen molar-refractivity contribution >= 4 is 22.6 Å². The van der Waals surface area contributed by atoms with Gasteiger partial charge < -0.3 is 19.8 Å². The minimum absolute atomic E-state index is 0.139. The number of fused-ring (bicyclic) bond motifs is 1. The average molecular weight is 518 g/mol. The van der Waals surface area contributed by atoms with Crippen molar-refractivity contribution in [2.75, 3.05) is 20.1 Å². The molecule has 2 aromatic heterocycles. The van der Waals surface area contributed by atoms with Crippen LogP contribution in [0.3, 0.4) is 0 Å². The summed E-state index contributed by atoms with van der Waals surface area (Å²) < 4.78 is 2.14. The Morgan fingerprint density at radius 3 is 2.74 bits per heavy atom. The van der Waals surface area contributed by atoms with Crippen molar-refractivity contribution in [1.82, 2.24) is 24.8 Å². The molecule has 2 fully saturated rings. The third-order valence-corrected chi connectivity index (χ3v) is 9.06. The summed E-state index contributed by atoms with van der Waals surface area (Å²) in [6, 6.07) is 8.22. The first-order chi connectivity index (χ1) is 18.4. The first-order valence-corrected chi connectivity index (χ1v) is 14.5. The Bertz CT molecular complexity index is 1270. The summed E-state index contributed by atoms with van der Waals surface area (Å²) >= 11 is 0. The Balaban J connectivity index is 1.26. The van der Waals surface area contributed by atoms with Gasteiger partial charge in [0.05, 0.1) is 17.9 Å². The van der Waals surface area contributed by atoms with E-state index >= 15 is 0 Å². The van der Waals surface area contributed by atoms with Gasteiger partial charge in [-0.05, 0) is 69.6 Å². The summed E-state index contributed by atoms with van der Waals surface area (Å²) in [4.78, 5) is 35.6. The number of aromatic amines is 1. The maximum atomic E-state index is 13.2. The normalized spacial score (nSPS) is 19.6. The highest BCUT2D eigenvalue weighted by atomic mass is 16.1. The lowest BCUT2D eigenvalue weighted by Crippen LogP contribution is -2.33. The van der Waals surface area contributed by atoms with E-state index in [-0.39, 0.29) is 11.9 Å². The number of hydrogen-bond acceptors (Lipinski definition) is 4. The zero-order chi connectivity index (χ0) is 26.7. The zero-order valence-electron chi connectivity index (χ0n) is 23.3. The molecule has 5 rings (SSSR count). The zero-order valence-corrected chi connectivity index (χ0v) is 23.3. The standard InChI is InChI=1S/C31H43N5O2/c1-4-23(37)10-6-5-7-12-26(33-29(38)18-22-19-31(22)14-16-35(2)17-15-31)30-32-20-27(34-30)25-21-36(3)28-13-9-8-11-24(25)28/h8-9,11,13,20-22,26H,4-7,10,12,14-19H2,1-3H3,(H,32,34)(H,33,38)/t22-,26-/m0/s1. The van der Waals surface area contributed by atoms with Gasteiger partial charge in [-0.3, -0.25) is 9.59 Å². The van der Waals surface area contributed by atoms with E-state index in [9.17, 15) is 9.59 Å². The van der Waals surface area contributed by atoms with Crippen molar-refractivity contribution in [1.29, 1.82) is 0 Å². The smallest absolute Gasteiger partial charge is 0.220 e. The molecule has 0 radical (unpaired) electrons. The highest BCUT2D eigenvalue weighted by Crippen LogP contribution is 2.60. The molecular weight excluding hydrogens is 474 g/mol. The van der Waals surface area contributed by atoms with Crippen LogP contribution in [0.25, 0.3) is 22.2 Å². The van der Waals surface area contributed by atoms with E-state index in [0.717, 1.165) is 55.9 Å². The molecule has 3 aromatic rings. The molecule has 1 aliphatic carbocycles. The maximum Gasteiger partial charge on any atom is 0.220 e. The largest absolute Gasteiger partial charge is 0.350 e. The van der Waals surface area contributed by atoms with Crippen LogP contribution < -0.4 is 5.32 Å². The Labute approximate surface area is 226 Å². The van der Waals surface area contributed by atoms with Crippen LogP contribution >= 0.6 is 0 Å².